The summed E-state index contributed by atoms with van der Waals surface area (Å²) >= 11 is 1.34. The fourth-order valence-corrected chi connectivity index (χ4v) is 15.9. The summed E-state index contributed by atoms with van der Waals surface area (Å²) in [5.74, 6) is -3.77. The van der Waals surface area contributed by atoms with E-state index in [4.69, 9.17) is 38.5 Å². The average molecular weight is 1330 g/mol. The molecule has 504 valence electrons. The number of benzene rings is 3. The second kappa shape index (κ2) is 28.2. The van der Waals surface area contributed by atoms with Gasteiger partial charge in [-0.15, -0.1) is 0 Å². The number of thiazole rings is 1. The molecule has 6 heterocycles. The molecule has 25 nitrogen and oxygen atoms in total. The minimum Gasteiger partial charge on any atom is -0.491 e. The molecule has 3 aliphatic heterocycles. The summed E-state index contributed by atoms with van der Waals surface area (Å²) in [4.78, 5) is 100.0. The molecule has 2 saturated carbocycles. The number of nitrogens with zero attached hydrogens (tertiary/aromatic N) is 6. The summed E-state index contributed by atoms with van der Waals surface area (Å²) < 4.78 is 54.1. The van der Waals surface area contributed by atoms with Crippen molar-refractivity contribution in [3.63, 3.8) is 0 Å². The monoisotopic (exact) mass is 1330 g/mol. The molecule has 5 amide bonds. The Balaban J connectivity index is 0.700. The number of aromatic nitrogens is 4. The Morgan fingerprint density at radius 3 is 2.41 bits per heavy atom. The zero-order valence-corrected chi connectivity index (χ0v) is 54.4. The molecule has 1 saturated heterocycles. The van der Waals surface area contributed by atoms with Crippen LogP contribution in [-0.4, -0.2) is 158 Å². The van der Waals surface area contributed by atoms with E-state index in [1.807, 2.05) is 40.8 Å². The summed E-state index contributed by atoms with van der Waals surface area (Å²) in [6.45, 7) is 12.4. The molecule has 6 unspecified atom stereocenters. The number of aliphatic hydroxyl groups is 1. The van der Waals surface area contributed by atoms with Gasteiger partial charge in [-0.05, 0) is 121 Å². The van der Waals surface area contributed by atoms with E-state index in [1.165, 1.54) is 29.5 Å². The lowest BCUT2D eigenvalue weighted by Gasteiger charge is -2.61. The van der Waals surface area contributed by atoms with Crippen molar-refractivity contribution < 1.29 is 81.7 Å². The Morgan fingerprint density at radius 1 is 0.842 bits per heavy atom. The molecular weight excluding hydrogens is 1250 g/mol. The van der Waals surface area contributed by atoms with Gasteiger partial charge in [0.2, 0.25) is 12.2 Å². The van der Waals surface area contributed by atoms with Gasteiger partial charge in [-0.2, -0.15) is 5.10 Å². The minimum atomic E-state index is -1.27. The van der Waals surface area contributed by atoms with Gasteiger partial charge in [-0.1, -0.05) is 51.2 Å². The maximum atomic E-state index is 15.4. The third kappa shape index (κ3) is 16.1. The molecule has 5 aliphatic rings. The average Bonchev–Trinajstić information content (AvgIpc) is 0.784. The number of para-hydroxylation sites is 1. The van der Waals surface area contributed by atoms with Crippen LogP contribution in [0.4, 0.5) is 20.1 Å². The molecule has 6 atom stereocenters. The fourth-order valence-electron chi connectivity index (χ4n) is 15.0. The third-order valence-corrected chi connectivity index (χ3v) is 19.0. The van der Waals surface area contributed by atoms with Gasteiger partial charge < -0.3 is 59.3 Å². The maximum Gasteiger partial charge on any atom is 0.407 e. The SMILES string of the molecule is Cc1c(-c2ccc(N3CCc4c(F)ccc(C(=O)Nc5nc6ccccc6s5)c4C3)nc2C(=O)O)cnn1CC1(C)CC2(C)CC(C)(C)CC(OCCNC(=O)OCc3ccc(OC4CC(O)CC(C(=O)O)O4)cc3OCCOCCNC(=O)CCN3C(=O)C=CC3=O)(C1)C2. The van der Waals surface area contributed by atoms with Crippen LogP contribution in [0, 0.1) is 29.0 Å². The smallest absolute Gasteiger partial charge is 0.407 e. The number of pyridine rings is 1. The minimum absolute atomic E-state index is 0.0159. The number of ether oxygens (including phenoxy) is 6. The number of carbonyl (C=O) groups excluding carboxylic acids is 5. The number of hydrogen-bond acceptors (Lipinski definition) is 19. The van der Waals surface area contributed by atoms with Crippen molar-refractivity contribution in [2.24, 2.45) is 16.2 Å². The van der Waals surface area contributed by atoms with Crippen LogP contribution in [0.25, 0.3) is 21.3 Å². The summed E-state index contributed by atoms with van der Waals surface area (Å²) in [6, 6.07) is 18.5. The van der Waals surface area contributed by atoms with Crippen molar-refractivity contribution in [1.82, 2.24) is 35.3 Å². The number of carboxylic acids is 2. The number of nitrogens with one attached hydrogen (secondary N) is 3. The van der Waals surface area contributed by atoms with Crippen LogP contribution in [0.2, 0.25) is 0 Å². The highest BCUT2D eigenvalue weighted by Gasteiger charge is 2.58. The first-order valence-corrected chi connectivity index (χ1v) is 32.5. The quantitative estimate of drug-likeness (QED) is 0.0219. The van der Waals surface area contributed by atoms with E-state index < -0.39 is 65.7 Å². The van der Waals surface area contributed by atoms with E-state index in [-0.39, 0.29) is 124 Å². The molecule has 11 rings (SSSR count). The van der Waals surface area contributed by atoms with Gasteiger partial charge in [-0.25, -0.2) is 28.7 Å². The summed E-state index contributed by atoms with van der Waals surface area (Å²) in [7, 11) is 0. The number of amides is 5. The van der Waals surface area contributed by atoms with Crippen LogP contribution >= 0.6 is 11.3 Å². The lowest BCUT2D eigenvalue weighted by molar-refractivity contribution is -0.195. The Hall–Kier alpha value is -8.89. The summed E-state index contributed by atoms with van der Waals surface area (Å²) in [5, 5.41) is 44.3. The number of aromatic carboxylic acids is 1. The molecule has 27 heteroatoms. The second-order valence-electron chi connectivity index (χ2n) is 26.7. The molecule has 6 aromatic rings. The first-order chi connectivity index (χ1) is 45.3. The van der Waals surface area contributed by atoms with Gasteiger partial charge in [-0.3, -0.25) is 34.1 Å². The normalized spacial score (nSPS) is 22.9. The molecule has 0 spiro atoms. The van der Waals surface area contributed by atoms with Gasteiger partial charge in [0.1, 0.15) is 36.3 Å². The van der Waals surface area contributed by atoms with E-state index in [9.17, 15) is 48.9 Å². The molecule has 0 radical (unpaired) electrons. The van der Waals surface area contributed by atoms with Crippen molar-refractivity contribution in [1.29, 1.82) is 0 Å². The second-order valence-corrected chi connectivity index (χ2v) is 27.7. The largest absolute Gasteiger partial charge is 0.491 e. The first kappa shape index (κ1) is 67.5. The zero-order valence-electron chi connectivity index (χ0n) is 53.6. The van der Waals surface area contributed by atoms with Crippen LogP contribution in [0.15, 0.2) is 85.1 Å². The van der Waals surface area contributed by atoms with E-state index in [0.29, 0.717) is 63.8 Å². The van der Waals surface area contributed by atoms with E-state index >= 15 is 4.39 Å². The molecular formula is C68H78FN9O16S. The number of fused-ring (bicyclic) bond motifs is 4. The Labute approximate surface area is 551 Å². The number of aliphatic carboxylic acids is 1. The predicted molar refractivity (Wildman–Crippen MR) is 344 cm³/mol. The lowest BCUT2D eigenvalue weighted by Crippen LogP contribution is -2.57. The van der Waals surface area contributed by atoms with Crippen molar-refractivity contribution in [2.45, 2.75) is 136 Å². The maximum absolute atomic E-state index is 15.4. The van der Waals surface area contributed by atoms with Crippen molar-refractivity contribution in [2.75, 3.05) is 62.8 Å². The van der Waals surface area contributed by atoms with Crippen molar-refractivity contribution in [3.8, 4) is 22.6 Å². The third-order valence-electron chi connectivity index (χ3n) is 18.0. The molecule has 3 aromatic heterocycles. The Kier molecular flexibility index (Phi) is 20.0. The van der Waals surface area contributed by atoms with Crippen molar-refractivity contribution >= 4 is 74.2 Å². The number of halogens is 1. The van der Waals surface area contributed by atoms with E-state index in [1.54, 1.807) is 30.5 Å². The van der Waals surface area contributed by atoms with Crippen LogP contribution < -0.4 is 30.3 Å². The number of aliphatic hydroxyl groups excluding tert-OH is 1. The fraction of sp³-hybridized carbons (Fsp3) is 0.471. The topological polar surface area (TPSA) is 322 Å². The molecule has 95 heavy (non-hydrogen) atoms. The number of alkyl carbamates (subject to hydrolysis) is 1. The number of hydrogen-bond donors (Lipinski definition) is 6. The van der Waals surface area contributed by atoms with Crippen LogP contribution in [0.1, 0.15) is 122 Å². The molecule has 6 N–H and O–H groups in total. The van der Waals surface area contributed by atoms with Crippen LogP contribution in [0.3, 0.4) is 0 Å². The highest BCUT2D eigenvalue weighted by Crippen LogP contribution is 2.63. The number of carbonyl (C=O) groups is 7. The lowest BCUT2D eigenvalue weighted by atomic mass is 9.48. The number of anilines is 2. The highest BCUT2D eigenvalue weighted by atomic mass is 32.1. The number of rotatable bonds is 26. The van der Waals surface area contributed by atoms with Gasteiger partial charge in [0, 0.05) is 105 Å². The standard InChI is InChI=1S/C68H78FN9O16S/c1-40-47(45-13-15-54(74-59(45)62(86)87)76-22-18-44-48(32-76)46(12-14-49(44)69)60(83)75-63-73-50-8-6-7-9-53(50)95-63)31-72-78(40)39-67(5)36-66(4)34-65(2,3)35-68(37-66,38-67)92-25-21-71-64(88)91-33-41-10-11-43(93-58-29-42(79)28-52(94-58)61(84)85)30-51(41)90-27-26-89-24-20-70-55(80)19-23-77-56(81)16-17-57(77)82/h6-17,30-31,42,52,58,79H,18-29,32-39H2,1-5H3,(H,70,80)(H,71,88)(H,84,85)(H,86,87)(H,73,75,83). The molecule has 2 bridgehead atoms. The molecule has 3 fully saturated rings. The summed E-state index contributed by atoms with van der Waals surface area (Å²) in [6.07, 6.45) is 4.20. The Bertz CT molecular complexity index is 3910. The number of carboxylic acid groups (broad SMARTS) is 2. The van der Waals surface area contributed by atoms with Crippen LogP contribution in [0.5, 0.6) is 11.5 Å². The van der Waals surface area contributed by atoms with E-state index in [2.05, 4.69) is 48.6 Å². The van der Waals surface area contributed by atoms with E-state index in [0.717, 1.165) is 58.6 Å². The van der Waals surface area contributed by atoms with Gasteiger partial charge in [0.25, 0.3) is 17.7 Å². The van der Waals surface area contributed by atoms with Crippen LogP contribution in [-0.2, 0) is 64.2 Å². The summed E-state index contributed by atoms with van der Waals surface area (Å²) in [5.41, 5.74) is 2.95. The first-order valence-electron chi connectivity index (χ1n) is 31.7. The predicted octanol–water partition coefficient (Wildman–Crippen LogP) is 8.37. The highest BCUT2D eigenvalue weighted by molar-refractivity contribution is 7.22. The number of imide groups is 1. The van der Waals surface area contributed by atoms with Gasteiger partial charge >= 0.3 is 18.0 Å². The van der Waals surface area contributed by atoms with Crippen molar-refractivity contribution in [3.05, 3.63) is 125 Å². The van der Waals surface area contributed by atoms with Gasteiger partial charge in [0.05, 0.1) is 47.9 Å². The molecule has 3 aromatic carbocycles. The van der Waals surface area contributed by atoms with Gasteiger partial charge in [0.15, 0.2) is 16.9 Å². The molecule has 2 aliphatic carbocycles. The Morgan fingerprint density at radius 2 is 1.63 bits per heavy atom. The zero-order chi connectivity index (χ0) is 67.4.